The van der Waals surface area contributed by atoms with Gasteiger partial charge >= 0.3 is 0 Å². The van der Waals surface area contributed by atoms with E-state index in [4.69, 9.17) is 16.3 Å². The van der Waals surface area contributed by atoms with E-state index in [2.05, 4.69) is 42.4 Å². The molecule has 0 bridgehead atoms. The first-order valence-corrected chi connectivity index (χ1v) is 12.9. The van der Waals surface area contributed by atoms with Gasteiger partial charge in [0.15, 0.2) is 0 Å². The van der Waals surface area contributed by atoms with Crippen LogP contribution in [0.15, 0.2) is 73.4 Å². The minimum Gasteiger partial charge on any atom is -0.487 e. The number of thiophene rings is 1. The van der Waals surface area contributed by atoms with Gasteiger partial charge in [-0.3, -0.25) is 4.79 Å². The molecule has 0 radical (unpaired) electrons. The molecule has 0 aliphatic carbocycles. The number of nitrogens with one attached hydrogen (secondary N) is 2. The van der Waals surface area contributed by atoms with E-state index in [-0.39, 0.29) is 31.3 Å². The van der Waals surface area contributed by atoms with E-state index < -0.39 is 0 Å². The van der Waals surface area contributed by atoms with Crippen LogP contribution in [0.2, 0.25) is 5.02 Å². The molecule has 8 nitrogen and oxygen atoms in total. The number of benzene rings is 2. The molecule has 0 atom stereocenters. The molecule has 2 aromatic carbocycles. The summed E-state index contributed by atoms with van der Waals surface area (Å²) >= 11 is 7.86. The Morgan fingerprint density at radius 3 is 2.82 bits per heavy atom. The van der Waals surface area contributed by atoms with Crippen LogP contribution < -0.4 is 15.4 Å². The molecule has 5 rings (SSSR count). The quantitative estimate of drug-likeness (QED) is 0.249. The second kappa shape index (κ2) is 12.3. The zero-order valence-electron chi connectivity index (χ0n) is 20.3. The minimum atomic E-state index is -0.318. The second-order valence-electron chi connectivity index (χ2n) is 8.20. The molecular formula is C28H20ClFN6O2S. The second-order valence-corrected chi connectivity index (χ2v) is 9.63. The molecule has 1 amide bonds. The Morgan fingerprint density at radius 2 is 2.00 bits per heavy atom. The molecule has 194 valence electrons. The molecule has 0 saturated heterocycles. The first kappa shape index (κ1) is 26.0. The lowest BCUT2D eigenvalue weighted by Crippen LogP contribution is -2.25. The highest BCUT2D eigenvalue weighted by Crippen LogP contribution is 2.33. The summed E-state index contributed by atoms with van der Waals surface area (Å²) in [5, 5.41) is 7.24. The van der Waals surface area contributed by atoms with Crippen LogP contribution in [-0.4, -0.2) is 32.4 Å². The number of ether oxygens (including phenoxy) is 1. The Kier molecular flexibility index (Phi) is 8.21. The number of amides is 1. The van der Waals surface area contributed by atoms with Crippen molar-refractivity contribution in [2.45, 2.75) is 13.0 Å². The number of carbonyl (C=O) groups is 1. The highest BCUT2D eigenvalue weighted by molar-refractivity contribution is 7.19. The van der Waals surface area contributed by atoms with Crippen molar-refractivity contribution in [3.05, 3.63) is 100 Å². The fraction of sp³-hybridized carbons (Fsp3) is 0.107. The molecule has 2 N–H and O–H groups in total. The van der Waals surface area contributed by atoms with Crippen LogP contribution in [0.3, 0.4) is 0 Å². The van der Waals surface area contributed by atoms with Gasteiger partial charge in [0.1, 0.15) is 41.5 Å². The largest absolute Gasteiger partial charge is 0.487 e. The topological polar surface area (TPSA) is 102 Å². The van der Waals surface area contributed by atoms with Crippen LogP contribution in [0.1, 0.15) is 16.1 Å². The summed E-state index contributed by atoms with van der Waals surface area (Å²) in [6, 6.07) is 15.1. The zero-order valence-corrected chi connectivity index (χ0v) is 21.9. The lowest BCUT2D eigenvalue weighted by atomic mass is 10.2. The van der Waals surface area contributed by atoms with E-state index >= 15 is 0 Å². The Balaban J connectivity index is 1.21. The molecule has 3 aromatic heterocycles. The van der Waals surface area contributed by atoms with Crippen LogP contribution in [0.4, 0.5) is 15.9 Å². The van der Waals surface area contributed by atoms with Gasteiger partial charge < -0.3 is 15.4 Å². The van der Waals surface area contributed by atoms with Crippen LogP contribution in [0.25, 0.3) is 10.2 Å². The maximum absolute atomic E-state index is 13.4. The first-order chi connectivity index (χ1) is 19.0. The highest BCUT2D eigenvalue weighted by Gasteiger charge is 2.10. The summed E-state index contributed by atoms with van der Waals surface area (Å²) in [5.41, 5.74) is 2.06. The molecule has 11 heteroatoms. The summed E-state index contributed by atoms with van der Waals surface area (Å²) < 4.78 is 19.1. The Labute approximate surface area is 232 Å². The maximum atomic E-state index is 13.4. The minimum absolute atomic E-state index is 0.166. The number of aromatic nitrogens is 4. The fourth-order valence-electron chi connectivity index (χ4n) is 3.56. The van der Waals surface area contributed by atoms with Crippen LogP contribution in [-0.2, 0) is 17.8 Å². The maximum Gasteiger partial charge on any atom is 0.226 e. The van der Waals surface area contributed by atoms with E-state index in [1.807, 2.05) is 12.1 Å². The van der Waals surface area contributed by atoms with Gasteiger partial charge in [-0.2, -0.15) is 0 Å². The summed E-state index contributed by atoms with van der Waals surface area (Å²) in [6.45, 7) is 0.405. The SMILES string of the molecule is O=C(Cc1ccncn1)NCC#Cc1cc2c(Nc3ccc(OCc4cccc(F)c4)c(Cl)c3)ncnc2s1. The normalized spacial score (nSPS) is 10.5. The lowest BCUT2D eigenvalue weighted by Gasteiger charge is -2.11. The van der Waals surface area contributed by atoms with Gasteiger partial charge in [-0.05, 0) is 48.0 Å². The predicted molar refractivity (Wildman–Crippen MR) is 149 cm³/mol. The third kappa shape index (κ3) is 7.04. The van der Waals surface area contributed by atoms with E-state index in [9.17, 15) is 9.18 Å². The van der Waals surface area contributed by atoms with Gasteiger partial charge in [0.25, 0.3) is 0 Å². The number of carbonyl (C=O) groups excluding carboxylic acids is 1. The molecule has 0 aliphatic heterocycles. The summed E-state index contributed by atoms with van der Waals surface area (Å²) in [5.74, 6) is 6.63. The number of anilines is 2. The third-order valence-electron chi connectivity index (χ3n) is 5.38. The smallest absolute Gasteiger partial charge is 0.226 e. The fourth-order valence-corrected chi connectivity index (χ4v) is 4.67. The summed E-state index contributed by atoms with van der Waals surface area (Å²) in [6.07, 6.45) is 4.65. The Hall–Kier alpha value is -4.59. The molecule has 5 aromatic rings. The average Bonchev–Trinajstić information content (AvgIpc) is 3.35. The van der Waals surface area contributed by atoms with Crippen molar-refractivity contribution in [2.75, 3.05) is 11.9 Å². The van der Waals surface area contributed by atoms with Crippen molar-refractivity contribution in [1.82, 2.24) is 25.3 Å². The van der Waals surface area contributed by atoms with Gasteiger partial charge in [0.2, 0.25) is 5.91 Å². The van der Waals surface area contributed by atoms with E-state index in [0.29, 0.717) is 33.5 Å². The Morgan fingerprint density at radius 1 is 1.08 bits per heavy atom. The van der Waals surface area contributed by atoms with E-state index in [0.717, 1.165) is 15.1 Å². The van der Waals surface area contributed by atoms with Crippen LogP contribution >= 0.6 is 22.9 Å². The molecular weight excluding hydrogens is 539 g/mol. The number of nitrogens with zero attached hydrogens (tertiary/aromatic N) is 4. The van der Waals surface area contributed by atoms with Crippen molar-refractivity contribution < 1.29 is 13.9 Å². The van der Waals surface area contributed by atoms with Gasteiger partial charge in [-0.15, -0.1) is 11.3 Å². The summed E-state index contributed by atoms with van der Waals surface area (Å²) in [4.78, 5) is 30.2. The highest BCUT2D eigenvalue weighted by atomic mass is 35.5. The van der Waals surface area contributed by atoms with Crippen molar-refractivity contribution in [2.24, 2.45) is 0 Å². The molecule has 0 aliphatic rings. The predicted octanol–water partition coefficient (Wildman–Crippen LogP) is 5.31. The molecule has 0 unspecified atom stereocenters. The van der Waals surface area contributed by atoms with Gasteiger partial charge in [0, 0.05) is 11.9 Å². The van der Waals surface area contributed by atoms with Gasteiger partial charge in [0.05, 0.1) is 33.9 Å². The number of hydrogen-bond donors (Lipinski definition) is 2. The third-order valence-corrected chi connectivity index (χ3v) is 6.63. The van der Waals surface area contributed by atoms with Crippen molar-refractivity contribution in [3.63, 3.8) is 0 Å². The van der Waals surface area contributed by atoms with Crippen molar-refractivity contribution >= 4 is 50.6 Å². The monoisotopic (exact) mass is 558 g/mol. The molecule has 0 saturated carbocycles. The summed E-state index contributed by atoms with van der Waals surface area (Å²) in [7, 11) is 0. The van der Waals surface area contributed by atoms with Crippen molar-refractivity contribution in [1.29, 1.82) is 0 Å². The van der Waals surface area contributed by atoms with E-state index in [1.54, 1.807) is 36.5 Å². The van der Waals surface area contributed by atoms with Gasteiger partial charge in [-0.25, -0.2) is 24.3 Å². The molecule has 39 heavy (non-hydrogen) atoms. The number of hydrogen-bond acceptors (Lipinski definition) is 8. The molecule has 0 spiro atoms. The Bertz CT molecular complexity index is 1690. The molecule has 0 fully saturated rings. The first-order valence-electron chi connectivity index (χ1n) is 11.7. The average molecular weight is 559 g/mol. The molecule has 3 heterocycles. The van der Waals surface area contributed by atoms with Crippen molar-refractivity contribution in [3.8, 4) is 17.6 Å². The van der Waals surface area contributed by atoms with Crippen LogP contribution in [0.5, 0.6) is 5.75 Å². The standard InChI is InChI=1S/C28H20ClFN6O2S/c29-24-12-21(6-7-25(24)38-15-18-3-1-4-19(30)11-18)36-27-23-14-22(39-28(23)35-17-34-27)5-2-9-32-26(37)13-20-8-10-31-16-33-20/h1,3-4,6-8,10-12,14,16-17H,9,13,15H2,(H,32,37)(H,34,35,36). The number of halogens is 2. The van der Waals surface area contributed by atoms with E-state index in [1.165, 1.54) is 36.1 Å². The lowest BCUT2D eigenvalue weighted by molar-refractivity contribution is -0.120. The zero-order chi connectivity index (χ0) is 27.0. The van der Waals surface area contributed by atoms with Gasteiger partial charge in [-0.1, -0.05) is 35.6 Å². The van der Waals surface area contributed by atoms with Crippen LogP contribution in [0, 0.1) is 17.7 Å². The number of fused-ring (bicyclic) bond motifs is 1. The number of rotatable bonds is 8.